The normalized spacial score (nSPS) is 20.3. The van der Waals surface area contributed by atoms with Gasteiger partial charge >= 0.3 is 5.97 Å². The molecule has 0 aliphatic carbocycles. The van der Waals surface area contributed by atoms with Crippen LogP contribution in [0.3, 0.4) is 0 Å². The molecule has 0 spiro atoms. The van der Waals surface area contributed by atoms with Crippen molar-refractivity contribution in [1.29, 1.82) is 0 Å². The summed E-state index contributed by atoms with van der Waals surface area (Å²) in [6.45, 7) is 1.42. The molecule has 0 N–H and O–H groups in total. The monoisotopic (exact) mass is 424 g/mol. The second-order valence-electron chi connectivity index (χ2n) is 2.94. The summed E-state index contributed by atoms with van der Waals surface area (Å²) >= 11 is 4.09. The van der Waals surface area contributed by atoms with Crippen molar-refractivity contribution < 1.29 is 14.3 Å². The first-order valence-electron chi connectivity index (χ1n) is 4.04. The molecule has 1 heterocycles. The molecule has 0 aromatic carbocycles. The topological polar surface area (TPSA) is 49.9 Å². The van der Waals surface area contributed by atoms with Crippen LogP contribution in [0.1, 0.15) is 6.42 Å². The van der Waals surface area contributed by atoms with Gasteiger partial charge in [0.2, 0.25) is 0 Å². The van der Waals surface area contributed by atoms with Crippen molar-refractivity contribution in [3.8, 4) is 0 Å². The Morgan fingerprint density at radius 2 is 2.14 bits per heavy atom. The first-order chi connectivity index (χ1) is 6.50. The lowest BCUT2D eigenvalue weighted by atomic mass is 10.1. The molecule has 14 heavy (non-hydrogen) atoms. The summed E-state index contributed by atoms with van der Waals surface area (Å²) in [4.78, 5) is 22.0. The predicted molar refractivity (Wildman–Crippen MR) is 66.9 cm³/mol. The van der Waals surface area contributed by atoms with Crippen LogP contribution in [0.5, 0.6) is 0 Å². The summed E-state index contributed by atoms with van der Waals surface area (Å²) in [5.74, 6) is -0.414. The van der Waals surface area contributed by atoms with E-state index in [9.17, 15) is 9.59 Å². The minimum atomic E-state index is -0.543. The van der Waals surface area contributed by atoms with E-state index in [4.69, 9.17) is 0 Å². The maximum Gasteiger partial charge on any atom is 0.310 e. The minimum absolute atomic E-state index is 0.122. The van der Waals surface area contributed by atoms with Crippen LogP contribution in [-0.4, -0.2) is 44.3 Å². The van der Waals surface area contributed by atoms with Gasteiger partial charge in [-0.2, -0.15) is 0 Å². The Bertz CT molecular complexity index is 239. The zero-order valence-corrected chi connectivity index (χ0v) is 11.9. The summed E-state index contributed by atoms with van der Waals surface area (Å²) < 4.78 is 8.20. The Morgan fingerprint density at radius 1 is 1.57 bits per heavy atom. The molecular formula is C7H10I2N2O3. The van der Waals surface area contributed by atoms with E-state index >= 15 is 0 Å². The van der Waals surface area contributed by atoms with Crippen LogP contribution in [0.4, 0.5) is 0 Å². The van der Waals surface area contributed by atoms with Crippen LogP contribution in [0.15, 0.2) is 0 Å². The number of likely N-dealkylation sites (N-methyl/N-ethyl adjacent to an activating group) is 1. The van der Waals surface area contributed by atoms with Crippen LogP contribution in [0.25, 0.3) is 0 Å². The smallest absolute Gasteiger partial charge is 0.310 e. The summed E-state index contributed by atoms with van der Waals surface area (Å²) in [5.41, 5.74) is 0. The lowest BCUT2D eigenvalue weighted by Crippen LogP contribution is -2.45. The Hall–Kier alpha value is 0.360. The Kier molecular flexibility index (Phi) is 4.83. The fraction of sp³-hybridized carbons (Fsp3) is 0.714. The Labute approximate surface area is 110 Å². The second-order valence-corrected chi connectivity index (χ2v) is 5.75. The van der Waals surface area contributed by atoms with Gasteiger partial charge in [0.1, 0.15) is 0 Å². The fourth-order valence-electron chi connectivity index (χ4n) is 0.930. The summed E-state index contributed by atoms with van der Waals surface area (Å²) in [5, 5.41) is 0. The number of ether oxygens (including phenoxy) is 1. The van der Waals surface area contributed by atoms with Crippen LogP contribution >= 0.6 is 45.7 Å². The predicted octanol–water partition coefficient (Wildman–Crippen LogP) is 0.762. The van der Waals surface area contributed by atoms with E-state index in [0.29, 0.717) is 6.54 Å². The third kappa shape index (κ3) is 3.50. The third-order valence-corrected chi connectivity index (χ3v) is 3.19. The number of hydrogen-bond acceptors (Lipinski definition) is 4. The SMILES string of the molecule is CN(I)CCN(I)C(=O)C1CC(=O)O1. The first-order valence-corrected chi connectivity index (χ1v) is 5.97. The van der Waals surface area contributed by atoms with Crippen molar-refractivity contribution in [1.82, 2.24) is 6.23 Å². The Morgan fingerprint density at radius 3 is 2.57 bits per heavy atom. The molecule has 0 aromatic heterocycles. The van der Waals surface area contributed by atoms with Crippen molar-refractivity contribution in [3.63, 3.8) is 0 Å². The zero-order valence-electron chi connectivity index (χ0n) is 7.57. The molecule has 0 bridgehead atoms. The highest BCUT2D eigenvalue weighted by Gasteiger charge is 2.37. The van der Waals surface area contributed by atoms with Gasteiger partial charge in [-0.1, -0.05) is 0 Å². The van der Waals surface area contributed by atoms with Gasteiger partial charge in [-0.25, -0.2) is 3.11 Å². The number of carbonyl (C=O) groups is 2. The number of halogens is 2. The summed E-state index contributed by atoms with van der Waals surface area (Å²) in [7, 11) is 1.93. The maximum absolute atomic E-state index is 11.5. The highest BCUT2D eigenvalue weighted by molar-refractivity contribution is 14.1. The van der Waals surface area contributed by atoms with Gasteiger partial charge in [0.25, 0.3) is 5.91 Å². The molecule has 1 saturated heterocycles. The zero-order chi connectivity index (χ0) is 10.7. The average Bonchev–Trinajstić information content (AvgIpc) is 2.07. The molecule has 80 valence electrons. The third-order valence-electron chi connectivity index (χ3n) is 1.74. The average molecular weight is 424 g/mol. The van der Waals surface area contributed by atoms with E-state index in [2.05, 4.69) is 27.6 Å². The largest absolute Gasteiger partial charge is 0.451 e. The van der Waals surface area contributed by atoms with Crippen molar-refractivity contribution >= 4 is 57.6 Å². The van der Waals surface area contributed by atoms with Gasteiger partial charge in [0.05, 0.1) is 29.3 Å². The summed E-state index contributed by atoms with van der Waals surface area (Å²) in [6, 6.07) is 0. The number of rotatable bonds is 4. The number of carbonyl (C=O) groups excluding carboxylic acids is 2. The number of esters is 1. The number of amides is 1. The van der Waals surface area contributed by atoms with Crippen molar-refractivity contribution in [2.45, 2.75) is 12.5 Å². The van der Waals surface area contributed by atoms with Gasteiger partial charge in [-0.15, -0.1) is 0 Å². The lowest BCUT2D eigenvalue weighted by Gasteiger charge is -2.27. The number of cyclic esters (lactones) is 1. The van der Waals surface area contributed by atoms with Crippen LogP contribution in [0.2, 0.25) is 0 Å². The van der Waals surface area contributed by atoms with E-state index < -0.39 is 6.10 Å². The highest BCUT2D eigenvalue weighted by Crippen LogP contribution is 2.17. The van der Waals surface area contributed by atoms with Crippen LogP contribution in [-0.2, 0) is 14.3 Å². The van der Waals surface area contributed by atoms with Gasteiger partial charge in [0.15, 0.2) is 6.10 Å². The standard InChI is InChI=1S/C7H10I2N2O3/c1-10(8)2-3-11(9)7(13)5-4-6(12)14-5/h5H,2-4H2,1H3. The van der Waals surface area contributed by atoms with E-state index in [0.717, 1.165) is 6.54 Å². The quantitative estimate of drug-likeness (QED) is 0.380. The van der Waals surface area contributed by atoms with Gasteiger partial charge in [0, 0.05) is 36.0 Å². The Balaban J connectivity index is 2.26. The molecule has 0 saturated carbocycles. The number of hydrogen-bond donors (Lipinski definition) is 0. The van der Waals surface area contributed by atoms with Gasteiger partial charge in [-0.3, -0.25) is 12.7 Å². The van der Waals surface area contributed by atoms with Gasteiger partial charge in [-0.05, 0) is 7.05 Å². The second kappa shape index (κ2) is 5.45. The number of nitrogens with zero attached hydrogens (tertiary/aromatic N) is 2. The molecule has 1 rings (SSSR count). The first kappa shape index (κ1) is 12.4. The molecule has 0 radical (unpaired) electrons. The lowest BCUT2D eigenvalue weighted by molar-refractivity contribution is -0.176. The van der Waals surface area contributed by atoms with E-state index in [-0.39, 0.29) is 18.3 Å². The molecule has 1 aliphatic rings. The molecule has 1 atom stereocenters. The molecule has 0 aromatic rings. The molecule has 7 heteroatoms. The van der Waals surface area contributed by atoms with E-state index in [1.165, 1.54) is 0 Å². The van der Waals surface area contributed by atoms with Crippen molar-refractivity contribution in [2.24, 2.45) is 0 Å². The highest BCUT2D eigenvalue weighted by atomic mass is 127. The van der Waals surface area contributed by atoms with E-state index in [1.54, 1.807) is 3.11 Å². The molecule has 1 unspecified atom stereocenters. The minimum Gasteiger partial charge on any atom is -0.451 e. The van der Waals surface area contributed by atoms with Crippen LogP contribution < -0.4 is 0 Å². The van der Waals surface area contributed by atoms with E-state index in [1.807, 2.05) is 33.0 Å². The molecule has 1 amide bonds. The molecule has 1 aliphatic heterocycles. The molecular weight excluding hydrogens is 414 g/mol. The summed E-state index contributed by atoms with van der Waals surface area (Å²) in [6.07, 6.45) is -0.322. The van der Waals surface area contributed by atoms with Crippen molar-refractivity contribution in [3.05, 3.63) is 0 Å². The molecule has 5 nitrogen and oxygen atoms in total. The maximum atomic E-state index is 11.5. The van der Waals surface area contributed by atoms with Gasteiger partial charge < -0.3 is 4.74 Å². The van der Waals surface area contributed by atoms with Crippen molar-refractivity contribution in [2.75, 3.05) is 20.1 Å². The van der Waals surface area contributed by atoms with Crippen LogP contribution in [0, 0.1) is 0 Å². The molecule has 1 fully saturated rings. The fourth-order valence-corrected chi connectivity index (χ4v) is 1.67.